The van der Waals surface area contributed by atoms with Crippen LogP contribution >= 0.6 is 11.8 Å². The minimum absolute atomic E-state index is 0.235. The third-order valence-electron chi connectivity index (χ3n) is 4.49. The largest absolute Gasteiger partial charge is 0.480 e. The number of ether oxygens (including phenoxy) is 1. The molecule has 0 bridgehead atoms. The van der Waals surface area contributed by atoms with Gasteiger partial charge in [0.15, 0.2) is 0 Å². The molecule has 0 spiro atoms. The van der Waals surface area contributed by atoms with E-state index in [-0.39, 0.29) is 12.0 Å². The third kappa shape index (κ3) is 4.26. The topological polar surface area (TPSA) is 66.8 Å². The summed E-state index contributed by atoms with van der Waals surface area (Å²) in [6.07, 6.45) is 0.0882. The number of carbonyl (C=O) groups excluding carboxylic acids is 1. The first-order chi connectivity index (χ1) is 12.6. The summed E-state index contributed by atoms with van der Waals surface area (Å²) in [7, 11) is 1.54. The van der Waals surface area contributed by atoms with Gasteiger partial charge in [-0.05, 0) is 29.8 Å². The summed E-state index contributed by atoms with van der Waals surface area (Å²) in [6.45, 7) is 0.303. The molecule has 0 aliphatic carbocycles. The zero-order valence-corrected chi connectivity index (χ0v) is 15.3. The highest BCUT2D eigenvalue weighted by atomic mass is 32.2. The minimum atomic E-state index is -0.992. The summed E-state index contributed by atoms with van der Waals surface area (Å²) in [5.41, 5.74) is 1.61. The lowest BCUT2D eigenvalue weighted by Crippen LogP contribution is -2.40. The molecule has 2 atom stereocenters. The standard InChI is InChI=1S/C20H21NO4S/c1-25-16-11-18(20(23)24)21(12-16)19(22)15-9-7-14(8-10-15)13-26-17-5-3-2-4-6-17/h2-10,16,18H,11-13H2,1H3,(H,23,24). The fraction of sp³-hybridized carbons (Fsp3) is 0.300. The maximum absolute atomic E-state index is 12.7. The van der Waals surface area contributed by atoms with E-state index < -0.39 is 12.0 Å². The van der Waals surface area contributed by atoms with Crippen molar-refractivity contribution in [1.82, 2.24) is 4.90 Å². The number of amides is 1. The molecule has 6 heteroatoms. The van der Waals surface area contributed by atoms with E-state index in [0.29, 0.717) is 18.5 Å². The molecular weight excluding hydrogens is 350 g/mol. The maximum Gasteiger partial charge on any atom is 0.326 e. The summed E-state index contributed by atoms with van der Waals surface area (Å²) in [5.74, 6) is -0.445. The van der Waals surface area contributed by atoms with Crippen LogP contribution in [-0.2, 0) is 15.3 Å². The molecule has 2 aromatic carbocycles. The number of methoxy groups -OCH3 is 1. The molecule has 1 aliphatic rings. The first-order valence-corrected chi connectivity index (χ1v) is 9.40. The normalized spacial score (nSPS) is 19.5. The average molecular weight is 371 g/mol. The highest BCUT2D eigenvalue weighted by molar-refractivity contribution is 7.98. The first kappa shape index (κ1) is 18.5. The Kier molecular flexibility index (Phi) is 5.96. The molecule has 5 nitrogen and oxygen atoms in total. The van der Waals surface area contributed by atoms with E-state index in [4.69, 9.17) is 4.74 Å². The molecule has 136 valence electrons. The van der Waals surface area contributed by atoms with Crippen molar-refractivity contribution in [2.24, 2.45) is 0 Å². The van der Waals surface area contributed by atoms with Gasteiger partial charge in [0.05, 0.1) is 6.10 Å². The van der Waals surface area contributed by atoms with Gasteiger partial charge in [-0.2, -0.15) is 0 Å². The number of aliphatic carboxylic acids is 1. The lowest BCUT2D eigenvalue weighted by molar-refractivity contribution is -0.141. The van der Waals surface area contributed by atoms with Gasteiger partial charge in [-0.3, -0.25) is 4.79 Å². The van der Waals surface area contributed by atoms with Gasteiger partial charge in [0.1, 0.15) is 6.04 Å². The summed E-state index contributed by atoms with van der Waals surface area (Å²) in [6, 6.07) is 16.7. The monoisotopic (exact) mass is 371 g/mol. The van der Waals surface area contributed by atoms with Crippen LogP contribution < -0.4 is 0 Å². The van der Waals surface area contributed by atoms with E-state index in [0.717, 1.165) is 11.3 Å². The van der Waals surface area contributed by atoms with E-state index in [2.05, 4.69) is 12.1 Å². The molecule has 2 aromatic rings. The predicted molar refractivity (Wildman–Crippen MR) is 100 cm³/mol. The van der Waals surface area contributed by atoms with Crippen LogP contribution in [0.15, 0.2) is 59.5 Å². The SMILES string of the molecule is COC1CC(C(=O)O)N(C(=O)c2ccc(CSc3ccccc3)cc2)C1. The van der Waals surface area contributed by atoms with Crippen molar-refractivity contribution in [3.63, 3.8) is 0 Å². The average Bonchev–Trinajstić information content (AvgIpc) is 3.12. The third-order valence-corrected chi connectivity index (χ3v) is 5.57. The first-order valence-electron chi connectivity index (χ1n) is 8.42. The molecule has 1 amide bonds. The molecule has 0 saturated carbocycles. The molecule has 1 N–H and O–H groups in total. The fourth-order valence-corrected chi connectivity index (χ4v) is 3.89. The molecule has 0 radical (unpaired) electrons. The Bertz CT molecular complexity index is 763. The molecule has 2 unspecified atom stereocenters. The fourth-order valence-electron chi connectivity index (χ4n) is 3.02. The van der Waals surface area contributed by atoms with Crippen molar-refractivity contribution in [3.05, 3.63) is 65.7 Å². The van der Waals surface area contributed by atoms with E-state index in [9.17, 15) is 14.7 Å². The summed E-state index contributed by atoms with van der Waals surface area (Å²) in [5, 5.41) is 9.36. The number of benzene rings is 2. The molecule has 0 aromatic heterocycles. The number of nitrogens with zero attached hydrogens (tertiary/aromatic N) is 1. The van der Waals surface area contributed by atoms with Gasteiger partial charge in [-0.25, -0.2) is 4.79 Å². The van der Waals surface area contributed by atoms with Gasteiger partial charge >= 0.3 is 5.97 Å². The van der Waals surface area contributed by atoms with E-state index in [1.54, 1.807) is 23.9 Å². The van der Waals surface area contributed by atoms with Crippen LogP contribution in [0, 0.1) is 0 Å². The molecule has 1 aliphatic heterocycles. The van der Waals surface area contributed by atoms with Crippen molar-refractivity contribution < 1.29 is 19.4 Å². The van der Waals surface area contributed by atoms with Gasteiger partial charge in [-0.1, -0.05) is 30.3 Å². The summed E-state index contributed by atoms with van der Waals surface area (Å²) < 4.78 is 5.24. The second-order valence-electron chi connectivity index (χ2n) is 6.20. The molecule has 1 saturated heterocycles. The molecule has 26 heavy (non-hydrogen) atoms. The smallest absolute Gasteiger partial charge is 0.326 e. The van der Waals surface area contributed by atoms with Crippen molar-refractivity contribution in [2.75, 3.05) is 13.7 Å². The van der Waals surface area contributed by atoms with Crippen molar-refractivity contribution in [1.29, 1.82) is 0 Å². The number of likely N-dealkylation sites (tertiary alicyclic amines) is 1. The number of carboxylic acid groups (broad SMARTS) is 1. The van der Waals surface area contributed by atoms with Gasteiger partial charge < -0.3 is 14.7 Å². The van der Waals surface area contributed by atoms with Crippen LogP contribution in [0.25, 0.3) is 0 Å². The number of hydrogen-bond donors (Lipinski definition) is 1. The van der Waals surface area contributed by atoms with Gasteiger partial charge in [0, 0.05) is 36.3 Å². The van der Waals surface area contributed by atoms with Gasteiger partial charge in [0.25, 0.3) is 5.91 Å². The Hall–Kier alpha value is -2.31. The summed E-state index contributed by atoms with van der Waals surface area (Å²) >= 11 is 1.73. The minimum Gasteiger partial charge on any atom is -0.480 e. The Balaban J connectivity index is 1.65. The molecule has 3 rings (SSSR count). The highest BCUT2D eigenvalue weighted by Gasteiger charge is 2.40. The molecule has 1 fully saturated rings. The lowest BCUT2D eigenvalue weighted by atomic mass is 10.1. The Labute approximate surface area is 157 Å². The number of thioether (sulfide) groups is 1. The van der Waals surface area contributed by atoms with Crippen LogP contribution in [0.5, 0.6) is 0 Å². The van der Waals surface area contributed by atoms with Crippen molar-refractivity contribution in [2.45, 2.75) is 29.2 Å². The van der Waals surface area contributed by atoms with Crippen LogP contribution in [0.2, 0.25) is 0 Å². The predicted octanol–water partition coefficient (Wildman–Crippen LogP) is 3.29. The summed E-state index contributed by atoms with van der Waals surface area (Å²) in [4.78, 5) is 26.7. The number of hydrogen-bond acceptors (Lipinski definition) is 4. The quantitative estimate of drug-likeness (QED) is 0.789. The Morgan fingerprint density at radius 3 is 2.46 bits per heavy atom. The van der Waals surface area contributed by atoms with Gasteiger partial charge in [-0.15, -0.1) is 11.8 Å². The molecule has 1 heterocycles. The van der Waals surface area contributed by atoms with E-state index in [1.165, 1.54) is 16.9 Å². The highest BCUT2D eigenvalue weighted by Crippen LogP contribution is 2.25. The number of rotatable bonds is 6. The van der Waals surface area contributed by atoms with Crippen LogP contribution in [0.4, 0.5) is 0 Å². The second kappa shape index (κ2) is 8.38. The second-order valence-corrected chi connectivity index (χ2v) is 7.25. The van der Waals surface area contributed by atoms with E-state index in [1.807, 2.05) is 30.3 Å². The number of carbonyl (C=O) groups is 2. The van der Waals surface area contributed by atoms with Crippen LogP contribution in [0.1, 0.15) is 22.3 Å². The van der Waals surface area contributed by atoms with Crippen molar-refractivity contribution in [3.8, 4) is 0 Å². The Morgan fingerprint density at radius 2 is 1.85 bits per heavy atom. The maximum atomic E-state index is 12.7. The van der Waals surface area contributed by atoms with Crippen molar-refractivity contribution >= 4 is 23.6 Å². The zero-order valence-electron chi connectivity index (χ0n) is 14.5. The lowest BCUT2D eigenvalue weighted by Gasteiger charge is -2.21. The van der Waals surface area contributed by atoms with Gasteiger partial charge in [0.2, 0.25) is 0 Å². The van der Waals surface area contributed by atoms with Crippen LogP contribution in [-0.4, -0.2) is 47.7 Å². The van der Waals surface area contributed by atoms with Crippen LogP contribution in [0.3, 0.4) is 0 Å². The zero-order chi connectivity index (χ0) is 18.5. The van der Waals surface area contributed by atoms with E-state index >= 15 is 0 Å². The Morgan fingerprint density at radius 1 is 1.15 bits per heavy atom. The molecular formula is C20H21NO4S. The number of carboxylic acids is 1.